The summed E-state index contributed by atoms with van der Waals surface area (Å²) in [5, 5.41) is 13.7. The zero-order valence-corrected chi connectivity index (χ0v) is 13.0. The Morgan fingerprint density at radius 3 is 3.00 bits per heavy atom. The molecule has 0 atom stereocenters. The summed E-state index contributed by atoms with van der Waals surface area (Å²) >= 11 is 0. The molecule has 0 bridgehead atoms. The van der Waals surface area contributed by atoms with Gasteiger partial charge in [-0.05, 0) is 38.0 Å². The fourth-order valence-electron chi connectivity index (χ4n) is 2.38. The molecule has 0 saturated carbocycles. The molecule has 6 heteroatoms. The fourth-order valence-corrected chi connectivity index (χ4v) is 2.38. The number of aromatic nitrogens is 3. The van der Waals surface area contributed by atoms with E-state index >= 15 is 0 Å². The van der Waals surface area contributed by atoms with Crippen LogP contribution in [0.5, 0.6) is 11.5 Å². The predicted octanol–water partition coefficient (Wildman–Crippen LogP) is 3.62. The van der Waals surface area contributed by atoms with Gasteiger partial charge >= 0.3 is 0 Å². The third-order valence-electron chi connectivity index (χ3n) is 3.53. The highest BCUT2D eigenvalue weighted by molar-refractivity contribution is 5.83. The minimum atomic E-state index is -3.23. The lowest BCUT2D eigenvalue weighted by atomic mass is 10.1. The Hall–Kier alpha value is -3.15. The summed E-state index contributed by atoms with van der Waals surface area (Å²) in [5.74, 6) is -0.139. The van der Waals surface area contributed by atoms with E-state index in [1.165, 1.54) is 36.7 Å². The number of phenols is 1. The van der Waals surface area contributed by atoms with Crippen LogP contribution in [0.1, 0.15) is 45.2 Å². The number of rotatable bonds is 6. The van der Waals surface area contributed by atoms with Gasteiger partial charge in [-0.3, -0.25) is 14.5 Å². The lowest BCUT2D eigenvalue weighted by Crippen LogP contribution is -2.08. The van der Waals surface area contributed by atoms with Gasteiger partial charge in [0.1, 0.15) is 18.1 Å². The van der Waals surface area contributed by atoms with E-state index in [1.54, 1.807) is 12.1 Å². The molecule has 6 nitrogen and oxygen atoms in total. The molecule has 0 saturated heterocycles. The highest BCUT2D eigenvalue weighted by Gasteiger charge is 2.15. The summed E-state index contributed by atoms with van der Waals surface area (Å²) in [4.78, 5) is 15.5. The summed E-state index contributed by atoms with van der Waals surface area (Å²) < 4.78 is 61.0. The van der Waals surface area contributed by atoms with Gasteiger partial charge in [0.25, 0.3) is 0 Å². The van der Waals surface area contributed by atoms with Crippen molar-refractivity contribution in [3.8, 4) is 22.9 Å². The van der Waals surface area contributed by atoms with Crippen LogP contribution in [-0.4, -0.2) is 26.2 Å². The van der Waals surface area contributed by atoms with E-state index in [1.807, 2.05) is 0 Å². The molecule has 0 aliphatic carbocycles. The van der Waals surface area contributed by atoms with Crippen LogP contribution in [0.15, 0.2) is 48.8 Å². The standard InChI is InChI=1S/C19H19N3O3/c1-13(2)22-16(8-10-21-22)19-14(5-4-9-20-19)12-25-18-7-3-6-17(24)15(18)11-23/h3-11,13,24H,12H2,1-2H3/i1D3,2D3,13D. The van der Waals surface area contributed by atoms with Crippen molar-refractivity contribution in [1.29, 1.82) is 0 Å². The van der Waals surface area contributed by atoms with Crippen LogP contribution in [0.3, 0.4) is 0 Å². The Morgan fingerprint density at radius 1 is 1.32 bits per heavy atom. The van der Waals surface area contributed by atoms with Crippen molar-refractivity contribution < 1.29 is 24.2 Å². The largest absolute Gasteiger partial charge is 0.507 e. The molecule has 25 heavy (non-hydrogen) atoms. The third kappa shape index (κ3) is 3.38. The normalized spacial score (nSPS) is 16.4. The first-order valence-electron chi connectivity index (χ1n) is 10.8. The number of hydrogen-bond donors (Lipinski definition) is 1. The van der Waals surface area contributed by atoms with Gasteiger partial charge in [0.05, 0.1) is 18.3 Å². The first kappa shape index (κ1) is 9.98. The summed E-state index contributed by atoms with van der Waals surface area (Å²) in [6.07, 6.45) is 3.05. The number of aromatic hydroxyl groups is 1. The highest BCUT2D eigenvalue weighted by atomic mass is 16.5. The molecular formula is C19H19N3O3. The molecule has 0 aliphatic heterocycles. The van der Waals surface area contributed by atoms with Gasteiger partial charge in [0, 0.05) is 32.2 Å². The maximum absolute atomic E-state index is 11.3. The van der Waals surface area contributed by atoms with Crippen molar-refractivity contribution in [1.82, 2.24) is 14.8 Å². The van der Waals surface area contributed by atoms with Crippen LogP contribution in [0.25, 0.3) is 11.4 Å². The highest BCUT2D eigenvalue weighted by Crippen LogP contribution is 2.28. The summed E-state index contributed by atoms with van der Waals surface area (Å²) in [5.41, 5.74) is 0.520. The molecule has 2 aromatic heterocycles. The minimum Gasteiger partial charge on any atom is -0.507 e. The Balaban J connectivity index is 2.06. The van der Waals surface area contributed by atoms with E-state index in [4.69, 9.17) is 14.3 Å². The van der Waals surface area contributed by atoms with E-state index in [0.29, 0.717) is 16.5 Å². The average molecular weight is 344 g/mol. The molecule has 128 valence electrons. The van der Waals surface area contributed by atoms with Gasteiger partial charge in [0.2, 0.25) is 0 Å². The van der Waals surface area contributed by atoms with E-state index < -0.39 is 19.7 Å². The van der Waals surface area contributed by atoms with Crippen molar-refractivity contribution >= 4 is 6.29 Å². The van der Waals surface area contributed by atoms with Gasteiger partial charge < -0.3 is 9.84 Å². The average Bonchev–Trinajstić information content (AvgIpc) is 3.20. The number of benzene rings is 1. The zero-order valence-electron chi connectivity index (χ0n) is 20.0. The number of phenolic OH excluding ortho intramolecular Hbond substituents is 1. The molecule has 1 aromatic carbocycles. The van der Waals surface area contributed by atoms with Crippen molar-refractivity contribution in [3.63, 3.8) is 0 Å². The van der Waals surface area contributed by atoms with Crippen molar-refractivity contribution in [2.24, 2.45) is 0 Å². The zero-order chi connectivity index (χ0) is 23.7. The van der Waals surface area contributed by atoms with Crippen molar-refractivity contribution in [3.05, 3.63) is 59.9 Å². The SMILES string of the molecule is [2H]C([2H])([2H])C([2H])(n1nccc1-c1ncccc1COc1cccc(O)c1C=O)C([2H])([2H])[2H]. The number of aldehydes is 1. The van der Waals surface area contributed by atoms with Crippen molar-refractivity contribution in [2.45, 2.75) is 26.3 Å². The molecule has 0 amide bonds. The second-order valence-electron chi connectivity index (χ2n) is 5.08. The number of carbonyl (C=O) groups is 1. The number of ether oxygens (including phenoxy) is 1. The van der Waals surface area contributed by atoms with Gasteiger partial charge in [-0.25, -0.2) is 0 Å². The Kier molecular flexibility index (Phi) is 2.86. The summed E-state index contributed by atoms with van der Waals surface area (Å²) in [6, 6.07) is 5.82. The molecule has 0 spiro atoms. The van der Waals surface area contributed by atoms with Gasteiger partial charge in [-0.15, -0.1) is 0 Å². The molecule has 3 aromatic rings. The molecule has 2 heterocycles. The monoisotopic (exact) mass is 344 g/mol. The van der Waals surface area contributed by atoms with Crippen LogP contribution in [0.4, 0.5) is 0 Å². The molecule has 1 N–H and O–H groups in total. The smallest absolute Gasteiger partial charge is 0.157 e. The first-order valence-corrected chi connectivity index (χ1v) is 7.30. The van der Waals surface area contributed by atoms with Crippen LogP contribution in [0, 0.1) is 0 Å². The second-order valence-corrected chi connectivity index (χ2v) is 5.08. The maximum atomic E-state index is 11.3. The second kappa shape index (κ2) is 7.17. The van der Waals surface area contributed by atoms with E-state index in [9.17, 15) is 9.90 Å². The lowest BCUT2D eigenvalue weighted by molar-refractivity contribution is 0.111. The summed E-state index contributed by atoms with van der Waals surface area (Å²) in [7, 11) is 0. The van der Waals surface area contributed by atoms with Crippen LogP contribution < -0.4 is 4.74 Å². The van der Waals surface area contributed by atoms with Crippen LogP contribution in [0.2, 0.25) is 0 Å². The number of hydrogen-bond acceptors (Lipinski definition) is 5. The first-order chi connectivity index (χ1) is 14.9. The predicted molar refractivity (Wildman–Crippen MR) is 93.7 cm³/mol. The molecule has 0 radical (unpaired) electrons. The Morgan fingerprint density at radius 2 is 2.20 bits per heavy atom. The molecular weight excluding hydrogens is 318 g/mol. The fraction of sp³-hybridized carbons (Fsp3) is 0.211. The van der Waals surface area contributed by atoms with E-state index in [0.717, 1.165) is 0 Å². The third-order valence-corrected chi connectivity index (χ3v) is 3.53. The van der Waals surface area contributed by atoms with Crippen LogP contribution in [-0.2, 0) is 6.61 Å². The van der Waals surface area contributed by atoms with Gasteiger partial charge in [-0.1, -0.05) is 12.1 Å². The van der Waals surface area contributed by atoms with E-state index in [2.05, 4.69) is 10.1 Å². The van der Waals surface area contributed by atoms with Gasteiger partial charge in [-0.2, -0.15) is 5.10 Å². The van der Waals surface area contributed by atoms with E-state index in [-0.39, 0.29) is 35.1 Å². The van der Waals surface area contributed by atoms with Crippen LogP contribution >= 0.6 is 0 Å². The van der Waals surface area contributed by atoms with Crippen molar-refractivity contribution in [2.75, 3.05) is 0 Å². The number of pyridine rings is 1. The van der Waals surface area contributed by atoms with Gasteiger partial charge in [0.15, 0.2) is 6.29 Å². The molecule has 0 aliphatic rings. The maximum Gasteiger partial charge on any atom is 0.157 e. The number of nitrogens with zero attached hydrogens (tertiary/aromatic N) is 3. The Labute approximate surface area is 155 Å². The minimum absolute atomic E-state index is 0.00188. The Bertz CT molecular complexity index is 1110. The summed E-state index contributed by atoms with van der Waals surface area (Å²) in [6.45, 7) is -6.61. The molecule has 0 fully saturated rings. The molecule has 3 rings (SSSR count). The molecule has 0 unspecified atom stereocenters. The quantitative estimate of drug-likeness (QED) is 0.691. The lowest BCUT2D eigenvalue weighted by Gasteiger charge is -2.14. The topological polar surface area (TPSA) is 77.2 Å². The number of carbonyl (C=O) groups excluding carboxylic acids is 1.